The average Bonchev–Trinajstić information content (AvgIpc) is 3.38. The second-order valence-corrected chi connectivity index (χ2v) is 10.4. The van der Waals surface area contributed by atoms with Gasteiger partial charge in [0, 0.05) is 36.0 Å². The fourth-order valence-electron chi connectivity index (χ4n) is 4.63. The minimum Gasteiger partial charge on any atom is -0.494 e. The zero-order chi connectivity index (χ0) is 29.1. The summed E-state index contributed by atoms with van der Waals surface area (Å²) < 4.78 is 18.7. The highest BCUT2D eigenvalue weighted by Gasteiger charge is 2.52. The second kappa shape index (κ2) is 14.8. The molecule has 1 aliphatic rings. The Morgan fingerprint density at radius 1 is 1.12 bits per heavy atom. The molecule has 0 spiro atoms. The molecule has 0 bridgehead atoms. The van der Waals surface area contributed by atoms with E-state index in [4.69, 9.17) is 24.3 Å². The summed E-state index contributed by atoms with van der Waals surface area (Å²) in [7, 11) is 0. The highest BCUT2D eigenvalue weighted by Crippen LogP contribution is 2.43. The van der Waals surface area contributed by atoms with Gasteiger partial charge in [-0.15, -0.1) is 6.58 Å². The van der Waals surface area contributed by atoms with Crippen molar-refractivity contribution < 1.29 is 24.1 Å². The first kappa shape index (κ1) is 30.3. The summed E-state index contributed by atoms with van der Waals surface area (Å²) in [4.78, 5) is 18.8. The van der Waals surface area contributed by atoms with Crippen molar-refractivity contribution in [3.63, 3.8) is 0 Å². The number of benzene rings is 3. The summed E-state index contributed by atoms with van der Waals surface area (Å²) in [6, 6.07) is 22.9. The molecule has 0 saturated heterocycles. The number of rotatable bonds is 15. The minimum absolute atomic E-state index is 0.0725. The molecule has 4 rings (SSSR count). The molecule has 1 heterocycles. The first-order valence-corrected chi connectivity index (χ1v) is 14.5. The normalized spacial score (nSPS) is 17.8. The van der Waals surface area contributed by atoms with Crippen LogP contribution in [0.2, 0.25) is 0 Å². The predicted molar refractivity (Wildman–Crippen MR) is 163 cm³/mol. The Morgan fingerprint density at radius 2 is 1.88 bits per heavy atom. The summed E-state index contributed by atoms with van der Waals surface area (Å²) in [6.07, 6.45) is 2.50. The van der Waals surface area contributed by atoms with Crippen molar-refractivity contribution in [2.24, 2.45) is 4.99 Å². The Morgan fingerprint density at radius 3 is 2.59 bits per heavy atom. The molecular formula is C32H36BrN3O5. The van der Waals surface area contributed by atoms with Gasteiger partial charge >= 0.3 is 0 Å². The molecule has 0 saturated carbocycles. The van der Waals surface area contributed by atoms with Crippen LogP contribution in [0.1, 0.15) is 42.6 Å². The number of amides is 1. The van der Waals surface area contributed by atoms with Crippen LogP contribution in [0.5, 0.6) is 11.5 Å². The second-order valence-electron chi connectivity index (χ2n) is 9.51. The number of nitrogens with zero attached hydrogens (tertiary/aromatic N) is 1. The highest BCUT2D eigenvalue weighted by molar-refractivity contribution is 9.10. The van der Waals surface area contributed by atoms with Gasteiger partial charge in [0.2, 0.25) is 5.90 Å². The number of para-hydroxylation sites is 1. The number of hydrogen-bond acceptors (Lipinski definition) is 7. The number of aliphatic imine (C=N–C) groups is 1. The molecule has 3 N–H and O–H groups in total. The molecule has 3 aromatic rings. The largest absolute Gasteiger partial charge is 0.494 e. The van der Waals surface area contributed by atoms with Crippen molar-refractivity contribution >= 4 is 27.7 Å². The Kier molecular flexibility index (Phi) is 11.0. The molecule has 1 aliphatic heterocycles. The molecule has 9 heteroatoms. The lowest BCUT2D eigenvalue weighted by molar-refractivity contribution is -0.129. The van der Waals surface area contributed by atoms with Crippen LogP contribution in [-0.2, 0) is 16.0 Å². The molecule has 0 aromatic heterocycles. The van der Waals surface area contributed by atoms with Crippen molar-refractivity contribution in [1.82, 2.24) is 10.9 Å². The van der Waals surface area contributed by atoms with Gasteiger partial charge in [-0.3, -0.25) is 10.2 Å². The van der Waals surface area contributed by atoms with E-state index in [2.05, 4.69) is 33.4 Å². The van der Waals surface area contributed by atoms with E-state index in [9.17, 15) is 4.79 Å². The first-order chi connectivity index (χ1) is 20.0. The molecule has 3 aromatic carbocycles. The topological polar surface area (TPSA) is 101 Å². The summed E-state index contributed by atoms with van der Waals surface area (Å²) in [6.45, 7) is 7.45. The molecule has 1 amide bonds. The molecule has 8 nitrogen and oxygen atoms in total. The van der Waals surface area contributed by atoms with Crippen molar-refractivity contribution in [2.45, 2.75) is 37.8 Å². The Balaban J connectivity index is 1.55. The van der Waals surface area contributed by atoms with E-state index in [0.717, 1.165) is 26.9 Å². The van der Waals surface area contributed by atoms with Crippen molar-refractivity contribution in [3.05, 3.63) is 107 Å². The summed E-state index contributed by atoms with van der Waals surface area (Å²) in [5.41, 5.74) is 7.27. The molecule has 41 heavy (non-hydrogen) atoms. The summed E-state index contributed by atoms with van der Waals surface area (Å²) >= 11 is 3.49. The minimum atomic E-state index is -1.28. The van der Waals surface area contributed by atoms with E-state index in [1.54, 1.807) is 6.08 Å². The van der Waals surface area contributed by atoms with Gasteiger partial charge in [0.15, 0.2) is 11.6 Å². The van der Waals surface area contributed by atoms with E-state index < -0.39 is 11.6 Å². The fraction of sp³-hybridized carbons (Fsp3) is 0.312. The van der Waals surface area contributed by atoms with Gasteiger partial charge in [0.25, 0.3) is 5.91 Å². The van der Waals surface area contributed by atoms with E-state index in [-0.39, 0.29) is 18.9 Å². The van der Waals surface area contributed by atoms with Gasteiger partial charge in [-0.2, -0.15) is 0 Å². The fourth-order valence-corrected chi connectivity index (χ4v) is 4.89. The molecule has 2 atom stereocenters. The number of hydrazine groups is 1. The third-order valence-electron chi connectivity index (χ3n) is 6.65. The van der Waals surface area contributed by atoms with Crippen molar-refractivity contribution in [3.8, 4) is 11.5 Å². The van der Waals surface area contributed by atoms with E-state index in [1.165, 1.54) is 0 Å². The summed E-state index contributed by atoms with van der Waals surface area (Å²) in [5, 5.41) is 8.99. The molecular weight excluding hydrogens is 586 g/mol. The molecule has 0 fully saturated rings. The lowest BCUT2D eigenvalue weighted by Crippen LogP contribution is -2.52. The highest BCUT2D eigenvalue weighted by atomic mass is 79.9. The van der Waals surface area contributed by atoms with E-state index in [0.29, 0.717) is 44.2 Å². The number of aliphatic hydroxyl groups excluding tert-OH is 1. The number of carbonyl (C=O) groups excluding carboxylic acids is 1. The Bertz CT molecular complexity index is 1330. The first-order valence-electron chi connectivity index (χ1n) is 13.7. The van der Waals surface area contributed by atoms with Gasteiger partial charge in [0.1, 0.15) is 11.5 Å². The quantitative estimate of drug-likeness (QED) is 0.121. The monoisotopic (exact) mass is 621 g/mol. The molecule has 0 radical (unpaired) electrons. The van der Waals surface area contributed by atoms with Gasteiger partial charge in [-0.05, 0) is 66.9 Å². The van der Waals surface area contributed by atoms with Crippen LogP contribution in [0.25, 0.3) is 0 Å². The lowest BCUT2D eigenvalue weighted by atomic mass is 9.84. The summed E-state index contributed by atoms with van der Waals surface area (Å²) in [5.74, 6) is 1.56. The number of carbonyl (C=O) groups is 1. The number of nitrogens with one attached hydrogen (secondary N) is 2. The maximum Gasteiger partial charge on any atom is 0.266 e. The van der Waals surface area contributed by atoms with Gasteiger partial charge in [-0.25, -0.2) is 10.4 Å². The molecule has 0 unspecified atom stereocenters. The van der Waals surface area contributed by atoms with Crippen LogP contribution < -0.4 is 20.3 Å². The van der Waals surface area contributed by atoms with Crippen LogP contribution >= 0.6 is 15.9 Å². The van der Waals surface area contributed by atoms with Crippen LogP contribution in [0, 0.1) is 0 Å². The standard InChI is InChI=1S/C32H36BrN3O5/c1-3-19-32(31(38)36-34-20-18-23-8-5-6-9-28(23)39-4-2)29(24-10-14-26(33)15-11-24)41-30(35-32)25-12-16-27(17-13-25)40-22-7-21-37/h3,5-6,8-17,29,34,37H,1,4,7,18-22H2,2H3,(H,36,38)/t29-,32-/m0/s1. The van der Waals surface area contributed by atoms with Gasteiger partial charge in [-0.1, -0.05) is 52.3 Å². The maximum atomic E-state index is 13.9. The lowest BCUT2D eigenvalue weighted by Gasteiger charge is -2.29. The average molecular weight is 623 g/mol. The smallest absolute Gasteiger partial charge is 0.266 e. The zero-order valence-corrected chi connectivity index (χ0v) is 24.7. The van der Waals surface area contributed by atoms with E-state index in [1.807, 2.05) is 79.7 Å². The van der Waals surface area contributed by atoms with Crippen molar-refractivity contribution in [1.29, 1.82) is 0 Å². The Labute approximate surface area is 249 Å². The maximum absolute atomic E-state index is 13.9. The third-order valence-corrected chi connectivity index (χ3v) is 7.18. The van der Waals surface area contributed by atoms with E-state index >= 15 is 0 Å². The number of aliphatic hydroxyl groups is 1. The van der Waals surface area contributed by atoms with Crippen molar-refractivity contribution in [2.75, 3.05) is 26.4 Å². The predicted octanol–water partition coefficient (Wildman–Crippen LogP) is 5.31. The number of halogens is 1. The molecule has 0 aliphatic carbocycles. The number of ether oxygens (including phenoxy) is 3. The van der Waals surface area contributed by atoms with Gasteiger partial charge in [0.05, 0.1) is 13.2 Å². The van der Waals surface area contributed by atoms with Crippen LogP contribution in [0.3, 0.4) is 0 Å². The Hall–Kier alpha value is -3.66. The van der Waals surface area contributed by atoms with Gasteiger partial charge < -0.3 is 19.3 Å². The van der Waals surface area contributed by atoms with Crippen LogP contribution in [0.15, 0.2) is 94.9 Å². The SMILES string of the molecule is C=CC[C@]1(C(=O)NNCCc2ccccc2OCC)N=C(c2ccc(OCCCO)cc2)O[C@H]1c1ccc(Br)cc1. The number of hydrogen-bond donors (Lipinski definition) is 3. The molecule has 216 valence electrons. The third kappa shape index (κ3) is 7.55. The zero-order valence-electron chi connectivity index (χ0n) is 23.1. The van der Waals surface area contributed by atoms with Crippen LogP contribution in [0.4, 0.5) is 0 Å². The van der Waals surface area contributed by atoms with Crippen LogP contribution in [-0.4, -0.2) is 48.8 Å².